The van der Waals surface area contributed by atoms with Crippen LogP contribution in [-0.4, -0.2) is 37.5 Å². The minimum atomic E-state index is -0.0705. The minimum Gasteiger partial charge on any atom is -0.368 e. The van der Waals surface area contributed by atoms with Gasteiger partial charge in [0.25, 0.3) is 0 Å². The van der Waals surface area contributed by atoms with E-state index >= 15 is 0 Å². The molecule has 33 heavy (non-hydrogen) atoms. The highest BCUT2D eigenvalue weighted by atomic mass is 15.0. The number of aromatic nitrogens is 5. The van der Waals surface area contributed by atoms with Crippen molar-refractivity contribution in [2.45, 2.75) is 12.5 Å². The molecule has 0 spiro atoms. The number of hydrogen-bond acceptors (Lipinski definition) is 7. The lowest BCUT2D eigenvalue weighted by Gasteiger charge is -2.16. The van der Waals surface area contributed by atoms with Gasteiger partial charge in [-0.2, -0.15) is 0 Å². The van der Waals surface area contributed by atoms with E-state index in [9.17, 15) is 0 Å². The predicted octanol–water partition coefficient (Wildman–Crippen LogP) is 4.13. The molecule has 5 rings (SSSR count). The molecule has 1 unspecified atom stereocenters. The van der Waals surface area contributed by atoms with E-state index in [1.165, 1.54) is 5.56 Å². The Kier molecular flexibility index (Phi) is 5.95. The number of anilines is 1. The second kappa shape index (κ2) is 9.50. The van der Waals surface area contributed by atoms with Gasteiger partial charge in [0.05, 0.1) is 5.69 Å². The summed E-state index contributed by atoms with van der Waals surface area (Å²) < 4.78 is 0. The average Bonchev–Trinajstić information content (AvgIpc) is 2.88. The lowest BCUT2D eigenvalue weighted by Crippen LogP contribution is -2.31. The van der Waals surface area contributed by atoms with Crippen molar-refractivity contribution in [3.8, 4) is 22.8 Å². The van der Waals surface area contributed by atoms with Crippen LogP contribution in [0, 0.1) is 0 Å². The van der Waals surface area contributed by atoms with Crippen LogP contribution in [0.5, 0.6) is 0 Å². The first-order valence-electron chi connectivity index (χ1n) is 10.8. The maximum Gasteiger partial charge on any atom is 0.162 e. The molecule has 0 aliphatic carbocycles. The van der Waals surface area contributed by atoms with Crippen molar-refractivity contribution in [2.75, 3.05) is 11.9 Å². The van der Waals surface area contributed by atoms with Crippen LogP contribution >= 0.6 is 0 Å². The van der Waals surface area contributed by atoms with Gasteiger partial charge in [-0.25, -0.2) is 9.97 Å². The first kappa shape index (κ1) is 20.7. The van der Waals surface area contributed by atoms with Crippen LogP contribution in [-0.2, 0) is 6.42 Å². The Morgan fingerprint density at radius 1 is 0.788 bits per heavy atom. The Morgan fingerprint density at radius 2 is 1.61 bits per heavy atom. The van der Waals surface area contributed by atoms with E-state index in [1.54, 1.807) is 24.8 Å². The van der Waals surface area contributed by atoms with Crippen LogP contribution < -0.4 is 11.1 Å². The Bertz CT molecular complexity index is 1340. The maximum atomic E-state index is 6.43. The van der Waals surface area contributed by atoms with E-state index in [0.29, 0.717) is 18.1 Å². The molecular weight excluding hydrogens is 410 g/mol. The number of nitrogens with two attached hydrogens (primary N) is 1. The molecule has 0 saturated carbocycles. The van der Waals surface area contributed by atoms with Crippen LogP contribution in [0.3, 0.4) is 0 Å². The van der Waals surface area contributed by atoms with Gasteiger partial charge >= 0.3 is 0 Å². The fourth-order valence-corrected chi connectivity index (χ4v) is 3.73. The molecular formula is C26H23N7. The summed E-state index contributed by atoms with van der Waals surface area (Å²) in [6.45, 7) is 0.567. The van der Waals surface area contributed by atoms with Crippen LogP contribution in [0.15, 0.2) is 91.5 Å². The van der Waals surface area contributed by atoms with Crippen LogP contribution in [0.2, 0.25) is 0 Å². The van der Waals surface area contributed by atoms with Gasteiger partial charge in [-0.1, -0.05) is 36.4 Å². The fourth-order valence-electron chi connectivity index (χ4n) is 3.73. The molecule has 0 aliphatic rings. The summed E-state index contributed by atoms with van der Waals surface area (Å²) in [5.41, 5.74) is 10.7. The zero-order valence-electron chi connectivity index (χ0n) is 18.0. The van der Waals surface area contributed by atoms with Gasteiger partial charge in [0.2, 0.25) is 0 Å². The fraction of sp³-hybridized carbons (Fsp3) is 0.115. The quantitative estimate of drug-likeness (QED) is 0.398. The van der Waals surface area contributed by atoms with Gasteiger partial charge in [0, 0.05) is 48.3 Å². The van der Waals surface area contributed by atoms with Crippen LogP contribution in [0.1, 0.15) is 5.56 Å². The topological polar surface area (TPSA) is 102 Å². The summed E-state index contributed by atoms with van der Waals surface area (Å²) in [6, 6.07) is 21.6. The number of pyridine rings is 3. The average molecular weight is 434 g/mol. The molecule has 0 amide bonds. The van der Waals surface area contributed by atoms with Gasteiger partial charge < -0.3 is 11.1 Å². The Balaban J connectivity index is 1.54. The zero-order valence-corrected chi connectivity index (χ0v) is 18.0. The Morgan fingerprint density at radius 3 is 2.39 bits per heavy atom. The third kappa shape index (κ3) is 4.68. The second-order valence-electron chi connectivity index (χ2n) is 7.73. The van der Waals surface area contributed by atoms with E-state index in [2.05, 4.69) is 32.4 Å². The van der Waals surface area contributed by atoms with E-state index < -0.39 is 0 Å². The molecule has 7 heteroatoms. The second-order valence-corrected chi connectivity index (χ2v) is 7.73. The van der Waals surface area contributed by atoms with Crippen molar-refractivity contribution in [3.63, 3.8) is 0 Å². The molecule has 4 heterocycles. The Labute approximate surface area is 191 Å². The Hall–Kier alpha value is -4.23. The SMILES string of the molecule is NC(CNc1nc(-c2ccncc2)nc2c(-c3ccccn3)nccc12)Cc1ccccc1. The molecule has 0 aliphatic heterocycles. The number of hydrogen-bond donors (Lipinski definition) is 2. The van der Waals surface area contributed by atoms with Crippen LogP contribution in [0.25, 0.3) is 33.7 Å². The van der Waals surface area contributed by atoms with E-state index in [-0.39, 0.29) is 6.04 Å². The number of nitrogens with zero attached hydrogens (tertiary/aromatic N) is 5. The summed E-state index contributed by atoms with van der Waals surface area (Å²) in [4.78, 5) is 22.9. The molecule has 0 bridgehead atoms. The summed E-state index contributed by atoms with van der Waals surface area (Å²) in [6.07, 6.45) is 7.75. The van der Waals surface area contributed by atoms with E-state index in [4.69, 9.17) is 15.7 Å². The van der Waals surface area contributed by atoms with Crippen LogP contribution in [0.4, 0.5) is 5.82 Å². The van der Waals surface area contributed by atoms with Gasteiger partial charge in [0.1, 0.15) is 17.0 Å². The molecule has 162 valence electrons. The molecule has 1 atom stereocenters. The molecule has 3 N–H and O–H groups in total. The molecule has 0 radical (unpaired) electrons. The third-order valence-electron chi connectivity index (χ3n) is 5.33. The molecule has 0 fully saturated rings. The molecule has 7 nitrogen and oxygen atoms in total. The number of fused-ring (bicyclic) bond motifs is 1. The van der Waals surface area contributed by atoms with Crippen molar-refractivity contribution in [1.29, 1.82) is 0 Å². The van der Waals surface area contributed by atoms with Crippen molar-refractivity contribution in [2.24, 2.45) is 5.73 Å². The standard InChI is InChI=1S/C26H23N7/c27-20(16-18-6-2-1-3-7-18)17-31-26-21-11-15-30-24(22-8-4-5-12-29-22)23(21)32-25(33-26)19-9-13-28-14-10-19/h1-15,20H,16-17,27H2,(H,31,32,33). The summed E-state index contributed by atoms with van der Waals surface area (Å²) >= 11 is 0. The van der Waals surface area contributed by atoms with Crippen molar-refractivity contribution < 1.29 is 0 Å². The van der Waals surface area contributed by atoms with Gasteiger partial charge in [-0.3, -0.25) is 15.0 Å². The molecule has 5 aromatic rings. The zero-order chi connectivity index (χ0) is 22.5. The lowest BCUT2D eigenvalue weighted by molar-refractivity contribution is 0.698. The van der Waals surface area contributed by atoms with Gasteiger partial charge in [-0.15, -0.1) is 0 Å². The van der Waals surface area contributed by atoms with Crippen molar-refractivity contribution in [3.05, 3.63) is 97.1 Å². The van der Waals surface area contributed by atoms with Gasteiger partial charge in [-0.05, 0) is 42.3 Å². The summed E-state index contributed by atoms with van der Waals surface area (Å²) in [5, 5.41) is 4.33. The number of benzene rings is 1. The number of nitrogens with one attached hydrogen (secondary N) is 1. The number of rotatable bonds is 7. The molecule has 0 saturated heterocycles. The van der Waals surface area contributed by atoms with Crippen molar-refractivity contribution >= 4 is 16.7 Å². The molecule has 1 aromatic carbocycles. The maximum absolute atomic E-state index is 6.43. The summed E-state index contributed by atoms with van der Waals surface area (Å²) in [5.74, 6) is 1.31. The summed E-state index contributed by atoms with van der Waals surface area (Å²) in [7, 11) is 0. The normalized spacial score (nSPS) is 11.9. The predicted molar refractivity (Wildman–Crippen MR) is 130 cm³/mol. The van der Waals surface area contributed by atoms with Gasteiger partial charge in [0.15, 0.2) is 5.82 Å². The first-order chi connectivity index (χ1) is 16.3. The highest BCUT2D eigenvalue weighted by molar-refractivity contribution is 5.97. The monoisotopic (exact) mass is 433 g/mol. The highest BCUT2D eigenvalue weighted by Gasteiger charge is 2.16. The third-order valence-corrected chi connectivity index (χ3v) is 5.33. The highest BCUT2D eigenvalue weighted by Crippen LogP contribution is 2.30. The smallest absolute Gasteiger partial charge is 0.162 e. The van der Waals surface area contributed by atoms with Crippen molar-refractivity contribution in [1.82, 2.24) is 24.9 Å². The van der Waals surface area contributed by atoms with E-state index in [1.807, 2.05) is 54.6 Å². The first-order valence-corrected chi connectivity index (χ1v) is 10.8. The minimum absolute atomic E-state index is 0.0705. The largest absolute Gasteiger partial charge is 0.368 e. The van der Waals surface area contributed by atoms with E-state index in [0.717, 1.165) is 34.4 Å². The lowest BCUT2D eigenvalue weighted by atomic mass is 10.1. The molecule has 4 aromatic heterocycles.